The van der Waals surface area contributed by atoms with E-state index in [4.69, 9.17) is 10.5 Å². The molecule has 0 aliphatic rings. The normalized spacial score (nSPS) is 12.5. The summed E-state index contributed by atoms with van der Waals surface area (Å²) in [5.41, 5.74) is 8.87. The number of carbonyl (C=O) groups is 1. The van der Waals surface area contributed by atoms with Gasteiger partial charge in [0.2, 0.25) is 0 Å². The van der Waals surface area contributed by atoms with Gasteiger partial charge in [0.1, 0.15) is 10.3 Å². The molecule has 8 heteroatoms. The van der Waals surface area contributed by atoms with Crippen molar-refractivity contribution in [2.45, 2.75) is 32.4 Å². The summed E-state index contributed by atoms with van der Waals surface area (Å²) in [4.78, 5) is 26.8. The molecule has 0 saturated heterocycles. The fourth-order valence-electron chi connectivity index (χ4n) is 3.88. The van der Waals surface area contributed by atoms with E-state index in [1.807, 2.05) is 48.7 Å². The first-order valence-electron chi connectivity index (χ1n) is 9.53. The Bertz CT molecular complexity index is 1320. The zero-order chi connectivity index (χ0) is 21.6. The maximum Gasteiger partial charge on any atom is 0.506 e. The van der Waals surface area contributed by atoms with Crippen LogP contribution in [0.15, 0.2) is 52.6 Å². The van der Waals surface area contributed by atoms with Gasteiger partial charge in [-0.3, -0.25) is 4.79 Å². The van der Waals surface area contributed by atoms with Gasteiger partial charge in [-0.25, -0.2) is 4.79 Å². The van der Waals surface area contributed by atoms with Crippen molar-refractivity contribution in [2.75, 3.05) is 0 Å². The molecule has 0 amide bonds. The van der Waals surface area contributed by atoms with Crippen molar-refractivity contribution in [2.24, 2.45) is 5.73 Å². The third kappa shape index (κ3) is 4.04. The summed E-state index contributed by atoms with van der Waals surface area (Å²) in [6, 6.07) is 13.3. The molecule has 0 aliphatic heterocycles. The Balaban J connectivity index is 0.00000272. The fraction of sp³-hybridized carbons (Fsp3) is 0.217. The number of ether oxygens (including phenoxy) is 1. The molecule has 2 heterocycles. The summed E-state index contributed by atoms with van der Waals surface area (Å²) in [6.07, 6.45) is -1.35. The van der Waals surface area contributed by atoms with Crippen molar-refractivity contribution in [1.82, 2.24) is 4.98 Å². The average Bonchev–Trinajstić information content (AvgIpc) is 3.17. The molecule has 0 bridgehead atoms. The number of carboxylic acid groups (broad SMARTS) is 1. The van der Waals surface area contributed by atoms with E-state index in [1.165, 1.54) is 11.3 Å². The van der Waals surface area contributed by atoms with Crippen LogP contribution in [0.25, 0.3) is 32.1 Å². The number of rotatable bonds is 4. The first kappa shape index (κ1) is 22.8. The topological polar surface area (TPSA) is 105 Å². The monoisotopic (exact) mass is 458 g/mol. The highest BCUT2D eigenvalue weighted by Crippen LogP contribution is 2.41. The molecule has 1 atom stereocenters. The van der Waals surface area contributed by atoms with Gasteiger partial charge >= 0.3 is 6.16 Å². The lowest BCUT2D eigenvalue weighted by atomic mass is 9.85. The highest BCUT2D eigenvalue weighted by atomic mass is 35.5. The Morgan fingerprint density at radius 1 is 1.16 bits per heavy atom. The second kappa shape index (κ2) is 8.34. The van der Waals surface area contributed by atoms with Crippen LogP contribution < -0.4 is 11.3 Å². The van der Waals surface area contributed by atoms with Crippen LogP contribution in [-0.4, -0.2) is 16.2 Å². The molecule has 6 nitrogen and oxygen atoms in total. The van der Waals surface area contributed by atoms with E-state index in [9.17, 15) is 14.7 Å². The number of hydrogen-bond donors (Lipinski definition) is 3. The largest absolute Gasteiger partial charge is 0.506 e. The van der Waals surface area contributed by atoms with Crippen molar-refractivity contribution >= 4 is 50.9 Å². The number of benzene rings is 2. The van der Waals surface area contributed by atoms with E-state index in [0.717, 1.165) is 27.5 Å². The molecular formula is C23H23ClN2O4S. The minimum atomic E-state index is -1.35. The van der Waals surface area contributed by atoms with Gasteiger partial charge in [0.05, 0.1) is 0 Å². The van der Waals surface area contributed by atoms with E-state index in [0.29, 0.717) is 15.8 Å². The number of nitrogens with one attached hydrogen (secondary N) is 1. The van der Waals surface area contributed by atoms with Gasteiger partial charge in [0.15, 0.2) is 0 Å². The zero-order valence-corrected chi connectivity index (χ0v) is 18.9. The number of pyridine rings is 1. The molecule has 162 valence electrons. The number of thiophene rings is 1. The number of aromatic amines is 1. The van der Waals surface area contributed by atoms with Crippen molar-refractivity contribution in [1.29, 1.82) is 0 Å². The number of halogens is 1. The molecule has 0 aliphatic carbocycles. The highest BCUT2D eigenvalue weighted by Gasteiger charge is 2.30. The Kier molecular flexibility index (Phi) is 6.14. The number of nitrogens with two attached hydrogens (primary N) is 1. The molecule has 1 unspecified atom stereocenters. The predicted molar refractivity (Wildman–Crippen MR) is 127 cm³/mol. The quantitative estimate of drug-likeness (QED) is 0.336. The lowest BCUT2D eigenvalue weighted by molar-refractivity contribution is 0.00142. The number of hydrogen-bond acceptors (Lipinski definition) is 5. The van der Waals surface area contributed by atoms with E-state index in [1.54, 1.807) is 19.9 Å². The van der Waals surface area contributed by atoms with E-state index in [-0.39, 0.29) is 24.0 Å². The summed E-state index contributed by atoms with van der Waals surface area (Å²) in [5, 5.41) is 12.9. The molecule has 2 aromatic heterocycles. The molecule has 4 N–H and O–H groups in total. The van der Waals surface area contributed by atoms with E-state index >= 15 is 0 Å². The van der Waals surface area contributed by atoms with Crippen molar-refractivity contribution < 1.29 is 14.6 Å². The molecule has 0 radical (unpaired) electrons. The van der Waals surface area contributed by atoms with Crippen LogP contribution in [0, 0.1) is 0 Å². The summed E-state index contributed by atoms with van der Waals surface area (Å²) < 4.78 is 5.87. The third-order valence-corrected chi connectivity index (χ3v) is 6.22. The van der Waals surface area contributed by atoms with Gasteiger partial charge in [0.25, 0.3) is 5.56 Å². The fourth-order valence-corrected chi connectivity index (χ4v) is 4.67. The van der Waals surface area contributed by atoms with Crippen molar-refractivity contribution in [3.63, 3.8) is 0 Å². The molecule has 4 aromatic rings. The predicted octanol–water partition coefficient (Wildman–Crippen LogP) is 5.78. The van der Waals surface area contributed by atoms with Crippen LogP contribution in [-0.2, 0) is 10.3 Å². The second-order valence-corrected chi connectivity index (χ2v) is 8.73. The summed E-state index contributed by atoms with van der Waals surface area (Å²) in [6.45, 7) is 5.36. The number of fused-ring (bicyclic) bond motifs is 3. The Morgan fingerprint density at radius 3 is 2.45 bits per heavy atom. The first-order valence-corrected chi connectivity index (χ1v) is 10.4. The molecule has 31 heavy (non-hydrogen) atoms. The van der Waals surface area contributed by atoms with Crippen LogP contribution >= 0.6 is 23.7 Å². The van der Waals surface area contributed by atoms with Crippen LogP contribution in [0.4, 0.5) is 4.79 Å². The Hall–Kier alpha value is -2.87. The Labute approximate surface area is 189 Å². The average molecular weight is 459 g/mol. The minimum absolute atomic E-state index is 0. The van der Waals surface area contributed by atoms with Gasteiger partial charge in [-0.05, 0) is 55.0 Å². The Morgan fingerprint density at radius 2 is 1.84 bits per heavy atom. The van der Waals surface area contributed by atoms with Crippen LogP contribution in [0.2, 0.25) is 0 Å². The number of H-pyrrole nitrogens is 1. The molecule has 2 aromatic carbocycles. The summed E-state index contributed by atoms with van der Waals surface area (Å²) >= 11 is 1.38. The smallest absolute Gasteiger partial charge is 0.450 e. The van der Waals surface area contributed by atoms with Crippen molar-refractivity contribution in [3.8, 4) is 11.1 Å². The van der Waals surface area contributed by atoms with E-state index < -0.39 is 11.8 Å². The summed E-state index contributed by atoms with van der Waals surface area (Å²) in [5.74, 6) is 0. The number of aromatic nitrogens is 1. The summed E-state index contributed by atoms with van der Waals surface area (Å²) in [7, 11) is 0. The second-order valence-electron chi connectivity index (χ2n) is 7.82. The van der Waals surface area contributed by atoms with Gasteiger partial charge in [-0.1, -0.05) is 30.3 Å². The minimum Gasteiger partial charge on any atom is -0.450 e. The SMILES string of the molecule is CC(N)c1ccc(-c2c(C(C)(C)OC(=O)O)ccc3[nH]c(=O)c4sccc4c23)cc1.Cl. The van der Waals surface area contributed by atoms with Crippen LogP contribution in [0.3, 0.4) is 0 Å². The highest BCUT2D eigenvalue weighted by molar-refractivity contribution is 7.17. The third-order valence-electron chi connectivity index (χ3n) is 5.31. The van der Waals surface area contributed by atoms with Gasteiger partial charge in [-0.15, -0.1) is 23.7 Å². The molecule has 0 spiro atoms. The van der Waals surface area contributed by atoms with Crippen molar-refractivity contribution in [3.05, 3.63) is 69.3 Å². The molecule has 0 fully saturated rings. The van der Waals surface area contributed by atoms with Crippen LogP contribution in [0.1, 0.15) is 37.9 Å². The molecular weight excluding hydrogens is 436 g/mol. The maximum atomic E-state index is 12.5. The van der Waals surface area contributed by atoms with E-state index in [2.05, 4.69) is 4.98 Å². The lowest BCUT2D eigenvalue weighted by Gasteiger charge is -2.28. The van der Waals surface area contributed by atoms with Gasteiger partial charge in [-0.2, -0.15) is 0 Å². The van der Waals surface area contributed by atoms with Gasteiger partial charge < -0.3 is 20.6 Å². The van der Waals surface area contributed by atoms with Gasteiger partial charge in [0, 0.05) is 27.9 Å². The standard InChI is InChI=1S/C23H22N2O4S.ClH/c1-12(24)13-4-6-14(7-5-13)18-16(23(2,3)29-22(27)28)8-9-17-19(18)15-10-11-30-20(15)21(26)25-17;/h4-12H,24H2,1-3H3,(H,25,26)(H,27,28);1H. The lowest BCUT2D eigenvalue weighted by Crippen LogP contribution is -2.25. The molecule has 4 rings (SSSR count). The molecule has 0 saturated carbocycles. The van der Waals surface area contributed by atoms with Crippen LogP contribution in [0.5, 0.6) is 0 Å². The maximum absolute atomic E-state index is 12.5. The zero-order valence-electron chi connectivity index (χ0n) is 17.3. The first-order chi connectivity index (χ1) is 14.2.